The van der Waals surface area contributed by atoms with Gasteiger partial charge in [0.2, 0.25) is 5.56 Å². The Balaban J connectivity index is 2.16. The zero-order valence-electron chi connectivity index (χ0n) is 9.42. The van der Waals surface area contributed by atoms with Gasteiger partial charge in [-0.1, -0.05) is 17.7 Å². The van der Waals surface area contributed by atoms with Crippen LogP contribution in [0.15, 0.2) is 28.6 Å². The van der Waals surface area contributed by atoms with Gasteiger partial charge in [0.15, 0.2) is 0 Å². The van der Waals surface area contributed by atoms with Crippen LogP contribution in [0, 0.1) is 0 Å². The van der Waals surface area contributed by atoms with Crippen LogP contribution in [0.3, 0.4) is 0 Å². The van der Waals surface area contributed by atoms with Gasteiger partial charge in [0, 0.05) is 23.7 Å². The van der Waals surface area contributed by atoms with Crippen LogP contribution in [-0.4, -0.2) is 10.5 Å². The molecule has 3 nitrogen and oxygen atoms in total. The lowest BCUT2D eigenvalue weighted by molar-refractivity contribution is 0.370. The predicted molar refractivity (Wildman–Crippen MR) is 63.4 cm³/mol. The van der Waals surface area contributed by atoms with E-state index in [1.807, 2.05) is 6.07 Å². The number of nitrogens with one attached hydrogen (secondary N) is 1. The molecule has 84 valence electrons. The lowest BCUT2D eigenvalue weighted by Crippen LogP contribution is -2.47. The van der Waals surface area contributed by atoms with Gasteiger partial charge in [-0.05, 0) is 31.2 Å². The first-order chi connectivity index (χ1) is 7.56. The Morgan fingerprint density at radius 1 is 1.50 bits per heavy atom. The first-order valence-electron chi connectivity index (χ1n) is 5.75. The highest BCUT2D eigenvalue weighted by Crippen LogP contribution is 2.43. The second-order valence-corrected chi connectivity index (χ2v) is 5.26. The summed E-state index contributed by atoms with van der Waals surface area (Å²) >= 11 is 0. The van der Waals surface area contributed by atoms with Crippen molar-refractivity contribution in [3.05, 3.63) is 45.4 Å². The highest BCUT2D eigenvalue weighted by molar-refractivity contribution is 5.37. The van der Waals surface area contributed by atoms with Gasteiger partial charge < -0.3 is 10.7 Å². The maximum Gasteiger partial charge on any atom is 0.248 e. The van der Waals surface area contributed by atoms with E-state index in [9.17, 15) is 4.79 Å². The molecular formula is C13H16N2O. The molecule has 0 fully saturated rings. The molecule has 0 amide bonds. The molecule has 1 aromatic heterocycles. The monoisotopic (exact) mass is 216 g/mol. The van der Waals surface area contributed by atoms with Gasteiger partial charge in [-0.15, -0.1) is 0 Å². The molecule has 2 atom stereocenters. The van der Waals surface area contributed by atoms with Gasteiger partial charge in [-0.2, -0.15) is 0 Å². The highest BCUT2D eigenvalue weighted by atomic mass is 16.1. The number of hydrogen-bond acceptors (Lipinski definition) is 2. The van der Waals surface area contributed by atoms with Crippen LogP contribution in [0.5, 0.6) is 0 Å². The van der Waals surface area contributed by atoms with E-state index in [2.05, 4.69) is 18.0 Å². The largest absolute Gasteiger partial charge is 0.326 e. The predicted octanol–water partition coefficient (Wildman–Crippen LogP) is 1.45. The van der Waals surface area contributed by atoms with Crippen molar-refractivity contribution in [2.24, 2.45) is 5.73 Å². The Kier molecular flexibility index (Phi) is 1.89. The first kappa shape index (κ1) is 9.85. The number of allylic oxidation sites excluding steroid dienone is 1. The van der Waals surface area contributed by atoms with Crippen molar-refractivity contribution in [2.75, 3.05) is 0 Å². The minimum atomic E-state index is -0.246. The van der Waals surface area contributed by atoms with Gasteiger partial charge in [0.1, 0.15) is 0 Å². The molecule has 0 spiro atoms. The van der Waals surface area contributed by atoms with Crippen molar-refractivity contribution in [1.29, 1.82) is 0 Å². The summed E-state index contributed by atoms with van der Waals surface area (Å²) in [7, 11) is 0. The molecule has 0 saturated heterocycles. The standard InChI is InChI=1S/C13H16N2O/c1-8-4-9-6-13(14,5-8)7-11-10(9)2-3-12(16)15-11/h2-3,5,9H,4,6-7,14H2,1H3,(H,15,16)/t9-,13-/m1/s1. The molecular weight excluding hydrogens is 200 g/mol. The number of pyridine rings is 1. The average molecular weight is 216 g/mol. The molecule has 2 bridgehead atoms. The van der Waals surface area contributed by atoms with Crippen molar-refractivity contribution < 1.29 is 0 Å². The SMILES string of the molecule is CC1=C[C@]2(N)Cc3[nH]c(=O)ccc3[C@H](C1)C2. The van der Waals surface area contributed by atoms with Crippen molar-refractivity contribution in [3.8, 4) is 0 Å². The van der Waals surface area contributed by atoms with E-state index >= 15 is 0 Å². The fourth-order valence-corrected chi connectivity index (χ4v) is 3.26. The van der Waals surface area contributed by atoms with Crippen molar-refractivity contribution in [3.63, 3.8) is 0 Å². The fraction of sp³-hybridized carbons (Fsp3) is 0.462. The molecule has 0 radical (unpaired) electrons. The number of hydrogen-bond donors (Lipinski definition) is 2. The minimum absolute atomic E-state index is 0.0250. The quantitative estimate of drug-likeness (QED) is 0.645. The van der Waals surface area contributed by atoms with E-state index in [4.69, 9.17) is 5.73 Å². The molecule has 0 unspecified atom stereocenters. The van der Waals surface area contributed by atoms with Crippen LogP contribution in [-0.2, 0) is 6.42 Å². The van der Waals surface area contributed by atoms with Crippen LogP contribution < -0.4 is 11.3 Å². The van der Waals surface area contributed by atoms with Crippen LogP contribution in [0.1, 0.15) is 36.9 Å². The summed E-state index contributed by atoms with van der Waals surface area (Å²) in [5.74, 6) is 0.482. The molecule has 2 aliphatic rings. The number of nitrogens with two attached hydrogens (primary N) is 1. The lowest BCUT2D eigenvalue weighted by atomic mass is 9.68. The number of rotatable bonds is 0. The Bertz CT molecular complexity index is 529. The first-order valence-corrected chi connectivity index (χ1v) is 5.75. The zero-order chi connectivity index (χ0) is 11.3. The van der Waals surface area contributed by atoms with Crippen molar-refractivity contribution in [1.82, 2.24) is 4.98 Å². The molecule has 3 heteroatoms. The summed E-state index contributed by atoms with van der Waals surface area (Å²) in [4.78, 5) is 14.2. The number of aromatic amines is 1. The Hall–Kier alpha value is -1.35. The third-order valence-electron chi connectivity index (χ3n) is 3.71. The van der Waals surface area contributed by atoms with E-state index in [1.165, 1.54) is 11.1 Å². The van der Waals surface area contributed by atoms with Gasteiger partial charge in [0.25, 0.3) is 0 Å². The normalized spacial score (nSPS) is 31.9. The van der Waals surface area contributed by atoms with Crippen molar-refractivity contribution >= 4 is 0 Å². The molecule has 3 N–H and O–H groups in total. The molecule has 3 rings (SSSR count). The minimum Gasteiger partial charge on any atom is -0.326 e. The molecule has 2 aliphatic carbocycles. The van der Waals surface area contributed by atoms with Gasteiger partial charge in [0.05, 0.1) is 0 Å². The van der Waals surface area contributed by atoms with Crippen LogP contribution >= 0.6 is 0 Å². The van der Waals surface area contributed by atoms with E-state index in [0.29, 0.717) is 5.92 Å². The van der Waals surface area contributed by atoms with Gasteiger partial charge in [-0.25, -0.2) is 0 Å². The summed E-state index contributed by atoms with van der Waals surface area (Å²) in [6.07, 6.45) is 5.01. The summed E-state index contributed by atoms with van der Waals surface area (Å²) in [6.45, 7) is 2.14. The maximum atomic E-state index is 11.3. The average Bonchev–Trinajstić information content (AvgIpc) is 2.13. The number of aromatic nitrogens is 1. The summed E-state index contributed by atoms with van der Waals surface area (Å²) in [5.41, 5.74) is 9.78. The summed E-state index contributed by atoms with van der Waals surface area (Å²) in [6, 6.07) is 3.59. The smallest absolute Gasteiger partial charge is 0.248 e. The molecule has 0 aliphatic heterocycles. The number of fused-ring (bicyclic) bond motifs is 4. The van der Waals surface area contributed by atoms with E-state index < -0.39 is 0 Å². The second kappa shape index (κ2) is 3.08. The topological polar surface area (TPSA) is 58.9 Å². The molecule has 16 heavy (non-hydrogen) atoms. The van der Waals surface area contributed by atoms with E-state index in [-0.39, 0.29) is 11.1 Å². The third kappa shape index (κ3) is 1.43. The highest BCUT2D eigenvalue weighted by Gasteiger charge is 2.38. The van der Waals surface area contributed by atoms with Crippen LogP contribution in [0.25, 0.3) is 0 Å². The molecule has 0 aromatic carbocycles. The van der Waals surface area contributed by atoms with Gasteiger partial charge in [-0.3, -0.25) is 4.79 Å². The maximum absolute atomic E-state index is 11.3. The number of H-pyrrole nitrogens is 1. The van der Waals surface area contributed by atoms with Crippen LogP contribution in [0.4, 0.5) is 0 Å². The summed E-state index contributed by atoms with van der Waals surface area (Å²) in [5, 5.41) is 0. The molecule has 1 aromatic rings. The molecule has 0 saturated carbocycles. The Morgan fingerprint density at radius 2 is 2.31 bits per heavy atom. The molecule has 1 heterocycles. The van der Waals surface area contributed by atoms with Gasteiger partial charge >= 0.3 is 0 Å². The second-order valence-electron chi connectivity index (χ2n) is 5.26. The van der Waals surface area contributed by atoms with E-state index in [1.54, 1.807) is 6.07 Å². The summed E-state index contributed by atoms with van der Waals surface area (Å²) < 4.78 is 0. The van der Waals surface area contributed by atoms with E-state index in [0.717, 1.165) is 25.0 Å². The van der Waals surface area contributed by atoms with Crippen molar-refractivity contribution in [2.45, 2.75) is 37.6 Å². The lowest BCUT2D eigenvalue weighted by Gasteiger charge is -2.41. The van der Waals surface area contributed by atoms with Crippen LogP contribution in [0.2, 0.25) is 0 Å². The Labute approximate surface area is 94.4 Å². The zero-order valence-corrected chi connectivity index (χ0v) is 9.42. The third-order valence-corrected chi connectivity index (χ3v) is 3.71. The Morgan fingerprint density at radius 3 is 3.12 bits per heavy atom. The fourth-order valence-electron chi connectivity index (χ4n) is 3.26.